The molecule has 1 aliphatic carbocycles. The number of benzene rings is 1. The molecule has 5 nitrogen and oxygen atoms in total. The number of aromatic nitrogens is 2. The Hall–Kier alpha value is -2.64. The van der Waals surface area contributed by atoms with Crippen molar-refractivity contribution in [3.8, 4) is 0 Å². The molecule has 0 saturated heterocycles. The number of nitrogens with one attached hydrogen (secondary N) is 2. The average Bonchev–Trinajstić information content (AvgIpc) is 3.26. The number of amidine groups is 1. The Labute approximate surface area is 155 Å². The lowest BCUT2D eigenvalue weighted by Gasteiger charge is -2.12. The van der Waals surface area contributed by atoms with Gasteiger partial charge in [0.1, 0.15) is 5.84 Å². The summed E-state index contributed by atoms with van der Waals surface area (Å²) in [5.74, 6) is 0.00558. The number of aromatic amines is 1. The molecule has 0 radical (unpaired) electrons. The van der Waals surface area contributed by atoms with Crippen LogP contribution in [-0.2, 0) is 12.6 Å². The molecule has 27 heavy (non-hydrogen) atoms. The van der Waals surface area contributed by atoms with Gasteiger partial charge in [-0.25, -0.2) is 0 Å². The first-order chi connectivity index (χ1) is 12.8. The van der Waals surface area contributed by atoms with Crippen molar-refractivity contribution in [2.24, 2.45) is 4.99 Å². The van der Waals surface area contributed by atoms with E-state index >= 15 is 0 Å². The van der Waals surface area contributed by atoms with E-state index in [2.05, 4.69) is 20.5 Å². The summed E-state index contributed by atoms with van der Waals surface area (Å²) in [7, 11) is 0. The molecule has 0 atom stereocenters. The van der Waals surface area contributed by atoms with Crippen molar-refractivity contribution in [3.05, 3.63) is 52.8 Å². The summed E-state index contributed by atoms with van der Waals surface area (Å²) in [6.45, 7) is 1.88. The fourth-order valence-electron chi connectivity index (χ4n) is 3.13. The van der Waals surface area contributed by atoms with Gasteiger partial charge in [-0.15, -0.1) is 0 Å². The Bertz CT molecular complexity index is 818. The predicted molar refractivity (Wildman–Crippen MR) is 95.6 cm³/mol. The molecule has 2 N–H and O–H groups in total. The van der Waals surface area contributed by atoms with Gasteiger partial charge in [-0.2, -0.15) is 18.3 Å². The highest BCUT2D eigenvalue weighted by Crippen LogP contribution is 2.29. The van der Waals surface area contributed by atoms with Gasteiger partial charge in [-0.1, -0.05) is 12.8 Å². The number of hydrogen-bond acceptors (Lipinski definition) is 3. The third-order valence-corrected chi connectivity index (χ3v) is 4.50. The average molecular weight is 378 g/mol. The van der Waals surface area contributed by atoms with Gasteiger partial charge in [-0.05, 0) is 50.1 Å². The summed E-state index contributed by atoms with van der Waals surface area (Å²) in [6.07, 6.45) is 0.0826. The first-order valence-corrected chi connectivity index (χ1v) is 8.87. The second kappa shape index (κ2) is 7.94. The summed E-state index contributed by atoms with van der Waals surface area (Å²) in [5, 5.41) is 9.77. The minimum absolute atomic E-state index is 0.153. The van der Waals surface area contributed by atoms with Crippen molar-refractivity contribution in [1.82, 2.24) is 15.5 Å². The van der Waals surface area contributed by atoms with E-state index in [1.54, 1.807) is 0 Å². The van der Waals surface area contributed by atoms with Crippen molar-refractivity contribution in [2.45, 2.75) is 51.2 Å². The first kappa shape index (κ1) is 19.1. The molecule has 1 fully saturated rings. The monoisotopic (exact) mass is 378 g/mol. The maximum atomic E-state index is 12.7. The van der Waals surface area contributed by atoms with Crippen LogP contribution in [0.25, 0.3) is 0 Å². The summed E-state index contributed by atoms with van der Waals surface area (Å²) >= 11 is 0. The second-order valence-corrected chi connectivity index (χ2v) is 6.76. The highest BCUT2D eigenvalue weighted by Gasteiger charge is 2.30. The van der Waals surface area contributed by atoms with Crippen LogP contribution in [0.5, 0.6) is 0 Å². The maximum Gasteiger partial charge on any atom is 0.416 e. The van der Waals surface area contributed by atoms with Crippen LogP contribution in [0.4, 0.5) is 13.2 Å². The summed E-state index contributed by atoms with van der Waals surface area (Å²) in [6, 6.07) is 6.18. The van der Waals surface area contributed by atoms with Crippen LogP contribution in [-0.4, -0.2) is 28.0 Å². The van der Waals surface area contributed by atoms with Crippen molar-refractivity contribution in [1.29, 1.82) is 0 Å². The summed E-state index contributed by atoms with van der Waals surface area (Å²) in [5.41, 5.74) is 1.02. The molecule has 144 valence electrons. The van der Waals surface area contributed by atoms with Crippen LogP contribution in [0, 0.1) is 6.92 Å². The molecule has 0 unspecified atom stereocenters. The van der Waals surface area contributed by atoms with Crippen molar-refractivity contribution in [2.75, 3.05) is 0 Å². The topological polar surface area (TPSA) is 70.1 Å². The van der Waals surface area contributed by atoms with Crippen molar-refractivity contribution >= 4 is 11.7 Å². The van der Waals surface area contributed by atoms with Gasteiger partial charge in [0.05, 0.1) is 17.3 Å². The van der Waals surface area contributed by atoms with E-state index in [-0.39, 0.29) is 11.6 Å². The van der Waals surface area contributed by atoms with Gasteiger partial charge in [-0.3, -0.25) is 14.9 Å². The van der Waals surface area contributed by atoms with Crippen LogP contribution in [0.2, 0.25) is 0 Å². The summed E-state index contributed by atoms with van der Waals surface area (Å²) in [4.78, 5) is 17.1. The fourth-order valence-corrected chi connectivity index (χ4v) is 3.13. The Morgan fingerprint density at radius 2 is 1.93 bits per heavy atom. The van der Waals surface area contributed by atoms with Crippen LogP contribution in [0.15, 0.2) is 35.3 Å². The zero-order valence-electron chi connectivity index (χ0n) is 14.9. The number of aryl methyl sites for hydroxylation is 1. The minimum Gasteiger partial charge on any atom is -0.310 e. The molecular weight excluding hydrogens is 357 g/mol. The largest absolute Gasteiger partial charge is 0.416 e. The first-order valence-electron chi connectivity index (χ1n) is 8.87. The number of nitrogens with zero attached hydrogens (tertiary/aromatic N) is 2. The third kappa shape index (κ3) is 5.18. The molecule has 2 aromatic rings. The lowest BCUT2D eigenvalue weighted by atomic mass is 10.1. The molecule has 0 spiro atoms. The smallest absolute Gasteiger partial charge is 0.310 e. The van der Waals surface area contributed by atoms with Gasteiger partial charge in [0, 0.05) is 17.7 Å². The maximum absolute atomic E-state index is 12.7. The molecule has 1 saturated carbocycles. The highest BCUT2D eigenvalue weighted by molar-refractivity contribution is 6.06. The quantitative estimate of drug-likeness (QED) is 0.622. The van der Waals surface area contributed by atoms with Gasteiger partial charge >= 0.3 is 6.18 Å². The van der Waals surface area contributed by atoms with Gasteiger partial charge in [0.25, 0.3) is 5.91 Å². The minimum atomic E-state index is -4.43. The Balaban J connectivity index is 1.75. The standard InChI is InChI=1S/C19H21F3N4O/c1-12-10-16(26-25-12)11-17(23-15-4-2-3-5-15)24-18(27)13-6-8-14(9-7-13)19(20,21)22/h6-10,15H,2-5,11H2,1H3,(H,25,26)(H,23,24,27). The van der Waals surface area contributed by atoms with Crippen molar-refractivity contribution in [3.63, 3.8) is 0 Å². The van der Waals surface area contributed by atoms with E-state index < -0.39 is 17.6 Å². The number of hydrogen-bond donors (Lipinski definition) is 2. The number of H-pyrrole nitrogens is 1. The van der Waals surface area contributed by atoms with E-state index in [4.69, 9.17) is 0 Å². The predicted octanol–water partition coefficient (Wildman–Crippen LogP) is 4.05. The zero-order chi connectivity index (χ0) is 19.4. The zero-order valence-corrected chi connectivity index (χ0v) is 14.9. The number of halogens is 3. The Kier molecular flexibility index (Phi) is 5.62. The molecule has 1 aromatic heterocycles. The lowest BCUT2D eigenvalue weighted by molar-refractivity contribution is -0.137. The molecule has 1 amide bonds. The molecule has 3 rings (SSSR count). The normalized spacial score (nSPS) is 15.9. The van der Waals surface area contributed by atoms with Gasteiger partial charge in [0.2, 0.25) is 0 Å². The molecule has 8 heteroatoms. The van der Waals surface area contributed by atoms with Crippen LogP contribution in [0.1, 0.15) is 53.0 Å². The van der Waals surface area contributed by atoms with Gasteiger partial charge in [0.15, 0.2) is 0 Å². The van der Waals surface area contributed by atoms with E-state index in [9.17, 15) is 18.0 Å². The lowest BCUT2D eigenvalue weighted by Crippen LogP contribution is -2.33. The molecule has 0 bridgehead atoms. The van der Waals surface area contributed by atoms with E-state index in [0.29, 0.717) is 12.3 Å². The number of alkyl halides is 3. The SMILES string of the molecule is Cc1cc(CC(=NC2CCCC2)NC(=O)c2ccc(C(F)(F)F)cc2)n[nH]1. The van der Waals surface area contributed by atoms with Crippen LogP contribution in [0.3, 0.4) is 0 Å². The van der Waals surface area contributed by atoms with E-state index in [1.165, 1.54) is 12.1 Å². The number of amides is 1. The fraction of sp³-hybridized carbons (Fsp3) is 0.421. The highest BCUT2D eigenvalue weighted by atomic mass is 19.4. The number of carbonyl (C=O) groups excluding carboxylic acids is 1. The van der Waals surface area contributed by atoms with Crippen LogP contribution >= 0.6 is 0 Å². The molecular formula is C19H21F3N4O. The summed E-state index contributed by atoms with van der Waals surface area (Å²) < 4.78 is 38.0. The molecule has 0 aliphatic heterocycles. The van der Waals surface area contributed by atoms with E-state index in [1.807, 2.05) is 13.0 Å². The van der Waals surface area contributed by atoms with Crippen LogP contribution < -0.4 is 5.32 Å². The number of carbonyl (C=O) groups is 1. The molecule has 1 aliphatic rings. The molecule has 1 aromatic carbocycles. The third-order valence-electron chi connectivity index (χ3n) is 4.50. The second-order valence-electron chi connectivity index (χ2n) is 6.76. The van der Waals surface area contributed by atoms with Crippen molar-refractivity contribution < 1.29 is 18.0 Å². The Morgan fingerprint density at radius 1 is 1.26 bits per heavy atom. The molecule has 1 heterocycles. The number of rotatable bonds is 4. The van der Waals surface area contributed by atoms with Gasteiger partial charge < -0.3 is 5.32 Å². The van der Waals surface area contributed by atoms with E-state index in [0.717, 1.165) is 49.2 Å². The Morgan fingerprint density at radius 3 is 2.48 bits per heavy atom. The number of aliphatic imine (C=N–C) groups is 1.